The van der Waals surface area contributed by atoms with Gasteiger partial charge < -0.3 is 15.0 Å². The largest absolute Gasteiger partial charge is 0.378 e. The highest BCUT2D eigenvalue weighted by molar-refractivity contribution is 5.76. The first-order chi connectivity index (χ1) is 8.75. The summed E-state index contributed by atoms with van der Waals surface area (Å²) in [4.78, 5) is 13.9. The van der Waals surface area contributed by atoms with Crippen molar-refractivity contribution in [1.82, 2.24) is 10.2 Å². The van der Waals surface area contributed by atoms with Crippen LogP contribution in [0.3, 0.4) is 0 Å². The molecule has 2 heterocycles. The summed E-state index contributed by atoms with van der Waals surface area (Å²) < 4.78 is 5.77. The summed E-state index contributed by atoms with van der Waals surface area (Å²) in [6.07, 6.45) is 6.22. The normalized spacial score (nSPS) is 21.8. The summed E-state index contributed by atoms with van der Waals surface area (Å²) in [5.41, 5.74) is 1.30. The van der Waals surface area contributed by atoms with Gasteiger partial charge in [0.25, 0.3) is 0 Å². The van der Waals surface area contributed by atoms with Gasteiger partial charge in [-0.05, 0) is 39.3 Å². The van der Waals surface area contributed by atoms with E-state index in [0.717, 1.165) is 45.4 Å². The lowest BCUT2D eigenvalue weighted by Crippen LogP contribution is -2.37. The van der Waals surface area contributed by atoms with Crippen LogP contribution < -0.4 is 5.32 Å². The Hall–Kier alpha value is -0.870. The third-order valence-electron chi connectivity index (χ3n) is 3.64. The number of hydrogen-bond donors (Lipinski definition) is 1. The number of carbonyl (C=O) groups excluding carboxylic acids is 1. The second-order valence-corrected chi connectivity index (χ2v) is 5.22. The van der Waals surface area contributed by atoms with Crippen LogP contribution in [0.2, 0.25) is 0 Å². The SMILES string of the molecule is CC1=CCCN(C(=O)CCOC2CCNCC2)C1. The fourth-order valence-corrected chi connectivity index (χ4v) is 2.56. The molecule has 0 atom stereocenters. The van der Waals surface area contributed by atoms with E-state index < -0.39 is 0 Å². The maximum absolute atomic E-state index is 12.0. The van der Waals surface area contributed by atoms with E-state index in [-0.39, 0.29) is 5.91 Å². The first kappa shape index (κ1) is 13.6. The summed E-state index contributed by atoms with van der Waals surface area (Å²) in [6, 6.07) is 0. The third-order valence-corrected chi connectivity index (χ3v) is 3.64. The minimum absolute atomic E-state index is 0.233. The molecule has 1 amide bonds. The van der Waals surface area contributed by atoms with Gasteiger partial charge in [0.1, 0.15) is 0 Å². The lowest BCUT2D eigenvalue weighted by atomic mass is 10.1. The van der Waals surface area contributed by atoms with Gasteiger partial charge in [-0.25, -0.2) is 0 Å². The Morgan fingerprint density at radius 2 is 2.28 bits per heavy atom. The smallest absolute Gasteiger partial charge is 0.225 e. The zero-order chi connectivity index (χ0) is 12.8. The monoisotopic (exact) mass is 252 g/mol. The van der Waals surface area contributed by atoms with Crippen molar-refractivity contribution in [3.63, 3.8) is 0 Å². The van der Waals surface area contributed by atoms with Gasteiger partial charge in [0, 0.05) is 13.1 Å². The molecule has 2 aliphatic heterocycles. The fraction of sp³-hybridized carbons (Fsp3) is 0.786. The van der Waals surface area contributed by atoms with Crippen LogP contribution in [0.1, 0.15) is 32.6 Å². The number of piperidine rings is 1. The number of carbonyl (C=O) groups is 1. The molecular formula is C14H24N2O2. The lowest BCUT2D eigenvalue weighted by molar-refractivity contribution is -0.132. The fourth-order valence-electron chi connectivity index (χ4n) is 2.56. The maximum atomic E-state index is 12.0. The van der Waals surface area contributed by atoms with Crippen molar-refractivity contribution in [3.8, 4) is 0 Å². The quantitative estimate of drug-likeness (QED) is 0.767. The van der Waals surface area contributed by atoms with E-state index in [9.17, 15) is 4.79 Å². The standard InChI is InChI=1S/C14H24N2O2/c1-12-3-2-9-16(11-12)14(17)6-10-18-13-4-7-15-8-5-13/h3,13,15H,2,4-11H2,1H3. The number of hydrogen-bond acceptors (Lipinski definition) is 3. The highest BCUT2D eigenvalue weighted by Gasteiger charge is 2.17. The molecule has 4 heteroatoms. The van der Waals surface area contributed by atoms with E-state index in [0.29, 0.717) is 19.1 Å². The molecule has 0 aromatic heterocycles. The number of rotatable bonds is 4. The summed E-state index contributed by atoms with van der Waals surface area (Å²) in [5, 5.41) is 3.31. The molecule has 2 rings (SSSR count). The van der Waals surface area contributed by atoms with E-state index >= 15 is 0 Å². The van der Waals surface area contributed by atoms with Crippen LogP contribution in [0.25, 0.3) is 0 Å². The topological polar surface area (TPSA) is 41.6 Å². The van der Waals surface area contributed by atoms with E-state index in [2.05, 4.69) is 18.3 Å². The average molecular weight is 252 g/mol. The van der Waals surface area contributed by atoms with Crippen LogP contribution >= 0.6 is 0 Å². The molecule has 1 N–H and O–H groups in total. The van der Waals surface area contributed by atoms with Gasteiger partial charge in [-0.15, -0.1) is 0 Å². The predicted octanol–water partition coefficient (Wildman–Crippen LogP) is 1.32. The molecule has 0 unspecified atom stereocenters. The molecule has 0 aliphatic carbocycles. The Morgan fingerprint density at radius 3 is 3.00 bits per heavy atom. The highest BCUT2D eigenvalue weighted by Crippen LogP contribution is 2.11. The van der Waals surface area contributed by atoms with Crippen LogP contribution in [-0.4, -0.2) is 49.7 Å². The molecule has 0 spiro atoms. The predicted molar refractivity (Wildman–Crippen MR) is 71.4 cm³/mol. The molecule has 0 aromatic carbocycles. The van der Waals surface area contributed by atoms with Crippen molar-refractivity contribution < 1.29 is 9.53 Å². The molecule has 0 aromatic rings. The molecule has 2 aliphatic rings. The zero-order valence-corrected chi connectivity index (χ0v) is 11.3. The molecule has 0 bridgehead atoms. The lowest BCUT2D eigenvalue weighted by Gasteiger charge is -2.27. The first-order valence-corrected chi connectivity index (χ1v) is 7.01. The van der Waals surface area contributed by atoms with Crippen LogP contribution in [0, 0.1) is 0 Å². The Bertz CT molecular complexity index is 309. The van der Waals surface area contributed by atoms with Crippen LogP contribution in [0.4, 0.5) is 0 Å². The van der Waals surface area contributed by atoms with Crippen molar-refractivity contribution in [3.05, 3.63) is 11.6 Å². The molecule has 1 fully saturated rings. The Morgan fingerprint density at radius 1 is 1.50 bits per heavy atom. The van der Waals surface area contributed by atoms with Crippen LogP contribution in [-0.2, 0) is 9.53 Å². The van der Waals surface area contributed by atoms with Crippen molar-refractivity contribution in [2.75, 3.05) is 32.8 Å². The molecule has 4 nitrogen and oxygen atoms in total. The second-order valence-electron chi connectivity index (χ2n) is 5.22. The van der Waals surface area contributed by atoms with E-state index in [1.807, 2.05) is 4.90 Å². The van der Waals surface area contributed by atoms with Gasteiger partial charge in [0.2, 0.25) is 5.91 Å². The number of amides is 1. The number of nitrogens with zero attached hydrogens (tertiary/aromatic N) is 1. The van der Waals surface area contributed by atoms with Gasteiger partial charge in [0.15, 0.2) is 0 Å². The van der Waals surface area contributed by atoms with Crippen LogP contribution in [0.15, 0.2) is 11.6 Å². The van der Waals surface area contributed by atoms with E-state index in [4.69, 9.17) is 4.74 Å². The first-order valence-electron chi connectivity index (χ1n) is 7.01. The molecule has 102 valence electrons. The van der Waals surface area contributed by atoms with Gasteiger partial charge in [-0.1, -0.05) is 11.6 Å². The zero-order valence-electron chi connectivity index (χ0n) is 11.3. The van der Waals surface area contributed by atoms with Crippen molar-refractivity contribution >= 4 is 5.91 Å². The summed E-state index contributed by atoms with van der Waals surface area (Å²) in [7, 11) is 0. The Balaban J connectivity index is 1.63. The molecule has 1 saturated heterocycles. The molecule has 0 saturated carbocycles. The molecule has 18 heavy (non-hydrogen) atoms. The number of nitrogens with one attached hydrogen (secondary N) is 1. The van der Waals surface area contributed by atoms with Crippen molar-refractivity contribution in [2.45, 2.75) is 38.7 Å². The highest BCUT2D eigenvalue weighted by atomic mass is 16.5. The summed E-state index contributed by atoms with van der Waals surface area (Å²) in [6.45, 7) is 6.40. The van der Waals surface area contributed by atoms with E-state index in [1.54, 1.807) is 0 Å². The average Bonchev–Trinajstić information content (AvgIpc) is 2.40. The number of ether oxygens (including phenoxy) is 1. The molecule has 0 radical (unpaired) electrons. The van der Waals surface area contributed by atoms with Gasteiger partial charge in [-0.3, -0.25) is 4.79 Å². The van der Waals surface area contributed by atoms with Gasteiger partial charge >= 0.3 is 0 Å². The molecular weight excluding hydrogens is 228 g/mol. The summed E-state index contributed by atoms with van der Waals surface area (Å²) >= 11 is 0. The maximum Gasteiger partial charge on any atom is 0.225 e. The van der Waals surface area contributed by atoms with Crippen LogP contribution in [0.5, 0.6) is 0 Å². The third kappa shape index (κ3) is 4.10. The van der Waals surface area contributed by atoms with Gasteiger partial charge in [-0.2, -0.15) is 0 Å². The van der Waals surface area contributed by atoms with Gasteiger partial charge in [0.05, 0.1) is 19.1 Å². The van der Waals surface area contributed by atoms with Crippen molar-refractivity contribution in [2.24, 2.45) is 0 Å². The Kier molecular flexibility index (Phi) is 5.20. The second kappa shape index (κ2) is 6.90. The minimum Gasteiger partial charge on any atom is -0.378 e. The van der Waals surface area contributed by atoms with E-state index in [1.165, 1.54) is 5.57 Å². The summed E-state index contributed by atoms with van der Waals surface area (Å²) in [5.74, 6) is 0.233. The van der Waals surface area contributed by atoms with Crippen molar-refractivity contribution in [1.29, 1.82) is 0 Å². The Labute approximate surface area is 109 Å². The minimum atomic E-state index is 0.233.